The third-order valence-electron chi connectivity index (χ3n) is 4.63. The van der Waals surface area contributed by atoms with Crippen LogP contribution in [0.25, 0.3) is 22.1 Å². The van der Waals surface area contributed by atoms with Crippen molar-refractivity contribution in [3.05, 3.63) is 72.4 Å². The van der Waals surface area contributed by atoms with E-state index in [1.54, 1.807) is 32.4 Å². The van der Waals surface area contributed by atoms with Crippen molar-refractivity contribution in [2.75, 3.05) is 19.5 Å². The molecule has 0 fully saturated rings. The van der Waals surface area contributed by atoms with Gasteiger partial charge < -0.3 is 19.3 Å². The van der Waals surface area contributed by atoms with Crippen LogP contribution in [0.5, 0.6) is 11.5 Å². The van der Waals surface area contributed by atoms with E-state index in [0.717, 1.165) is 22.0 Å². The zero-order chi connectivity index (χ0) is 20.2. The van der Waals surface area contributed by atoms with E-state index in [9.17, 15) is 4.79 Å². The number of benzene rings is 3. The van der Waals surface area contributed by atoms with E-state index in [2.05, 4.69) is 10.5 Å². The Morgan fingerprint density at radius 1 is 0.966 bits per heavy atom. The Kier molecular flexibility index (Phi) is 5.16. The maximum Gasteiger partial charge on any atom is 0.230 e. The number of rotatable bonds is 6. The van der Waals surface area contributed by atoms with E-state index in [1.807, 2.05) is 48.5 Å². The van der Waals surface area contributed by atoms with Gasteiger partial charge >= 0.3 is 0 Å². The lowest BCUT2D eigenvalue weighted by atomic mass is 10.1. The average molecular weight is 388 g/mol. The predicted octanol–water partition coefficient (Wildman–Crippen LogP) is 4.69. The molecule has 29 heavy (non-hydrogen) atoms. The van der Waals surface area contributed by atoms with Gasteiger partial charge in [0, 0.05) is 22.7 Å². The first-order valence-corrected chi connectivity index (χ1v) is 9.13. The molecule has 4 rings (SSSR count). The van der Waals surface area contributed by atoms with Gasteiger partial charge in [-0.15, -0.1) is 0 Å². The van der Waals surface area contributed by atoms with Gasteiger partial charge in [0.15, 0.2) is 17.3 Å². The Bertz CT molecular complexity index is 1160. The van der Waals surface area contributed by atoms with Crippen LogP contribution in [-0.4, -0.2) is 25.3 Å². The van der Waals surface area contributed by atoms with E-state index in [4.69, 9.17) is 14.0 Å². The van der Waals surface area contributed by atoms with Crippen LogP contribution in [0, 0.1) is 0 Å². The molecule has 0 radical (unpaired) electrons. The lowest BCUT2D eigenvalue weighted by molar-refractivity contribution is -0.115. The third kappa shape index (κ3) is 3.91. The van der Waals surface area contributed by atoms with Crippen LogP contribution in [0.3, 0.4) is 0 Å². The highest BCUT2D eigenvalue weighted by molar-refractivity contribution is 6.02. The number of nitrogens with one attached hydrogen (secondary N) is 1. The first kappa shape index (κ1) is 18.6. The summed E-state index contributed by atoms with van der Waals surface area (Å²) in [5.41, 5.74) is 2.11. The Labute approximate surface area is 168 Å². The van der Waals surface area contributed by atoms with E-state index < -0.39 is 0 Å². The molecule has 6 nitrogen and oxygen atoms in total. The van der Waals surface area contributed by atoms with E-state index in [-0.39, 0.29) is 12.3 Å². The number of anilines is 1. The number of nitrogens with zero attached hydrogens (tertiary/aromatic N) is 1. The van der Waals surface area contributed by atoms with Crippen molar-refractivity contribution in [3.8, 4) is 22.8 Å². The molecule has 4 aromatic rings. The second-order valence-corrected chi connectivity index (χ2v) is 6.50. The van der Waals surface area contributed by atoms with Crippen LogP contribution in [0.1, 0.15) is 5.69 Å². The van der Waals surface area contributed by atoms with Gasteiger partial charge in [0.1, 0.15) is 0 Å². The lowest BCUT2D eigenvalue weighted by Gasteiger charge is -2.08. The summed E-state index contributed by atoms with van der Waals surface area (Å²) in [5.74, 6) is 1.62. The molecule has 1 aromatic heterocycles. The number of methoxy groups -OCH3 is 2. The highest BCUT2D eigenvalue weighted by Gasteiger charge is 2.14. The number of hydrogen-bond acceptors (Lipinski definition) is 5. The minimum absolute atomic E-state index is 0.111. The van der Waals surface area contributed by atoms with Crippen molar-refractivity contribution in [1.82, 2.24) is 5.16 Å². The SMILES string of the molecule is COc1ccc(-c2cc(CC(=O)Nc3cccc4ccccc34)no2)cc1OC. The molecule has 0 saturated carbocycles. The standard InChI is InChI=1S/C23H20N2O4/c1-27-20-11-10-16(12-22(20)28-2)21-13-17(25-29-21)14-23(26)24-19-9-5-7-15-6-3-4-8-18(15)19/h3-13H,14H2,1-2H3,(H,24,26). The van der Waals surface area contributed by atoms with Crippen LogP contribution in [-0.2, 0) is 11.2 Å². The summed E-state index contributed by atoms with van der Waals surface area (Å²) in [6, 6.07) is 20.9. The maximum absolute atomic E-state index is 12.5. The van der Waals surface area contributed by atoms with Gasteiger partial charge in [-0.3, -0.25) is 4.79 Å². The number of aromatic nitrogens is 1. The lowest BCUT2D eigenvalue weighted by Crippen LogP contribution is -2.14. The molecule has 1 N–H and O–H groups in total. The van der Waals surface area contributed by atoms with Gasteiger partial charge in [0.25, 0.3) is 0 Å². The molecule has 0 aliphatic carbocycles. The number of hydrogen-bond donors (Lipinski definition) is 1. The molecule has 0 aliphatic rings. The molecule has 0 aliphatic heterocycles. The molecule has 1 heterocycles. The summed E-state index contributed by atoms with van der Waals surface area (Å²) in [5, 5.41) is 9.05. The highest BCUT2D eigenvalue weighted by Crippen LogP contribution is 2.32. The molecule has 0 atom stereocenters. The van der Waals surface area contributed by atoms with Gasteiger partial charge in [-0.2, -0.15) is 0 Å². The quantitative estimate of drug-likeness (QED) is 0.519. The van der Waals surface area contributed by atoms with E-state index in [0.29, 0.717) is 23.0 Å². The second-order valence-electron chi connectivity index (χ2n) is 6.50. The molecule has 0 saturated heterocycles. The van der Waals surface area contributed by atoms with E-state index in [1.165, 1.54) is 0 Å². The maximum atomic E-state index is 12.5. The molecular weight excluding hydrogens is 368 g/mol. The Balaban J connectivity index is 1.50. The Hall–Kier alpha value is -3.80. The number of ether oxygens (including phenoxy) is 2. The number of fused-ring (bicyclic) bond motifs is 1. The van der Waals surface area contributed by atoms with Crippen molar-refractivity contribution in [2.45, 2.75) is 6.42 Å². The second kappa shape index (κ2) is 8.06. The largest absolute Gasteiger partial charge is 0.493 e. The number of carbonyl (C=O) groups is 1. The van der Waals surface area contributed by atoms with Crippen LogP contribution in [0.4, 0.5) is 5.69 Å². The molecule has 0 unspecified atom stereocenters. The van der Waals surface area contributed by atoms with Crippen LogP contribution < -0.4 is 14.8 Å². The molecule has 6 heteroatoms. The van der Waals surface area contributed by atoms with Crippen molar-refractivity contribution in [3.63, 3.8) is 0 Å². The number of amides is 1. The Morgan fingerprint density at radius 3 is 2.59 bits per heavy atom. The molecule has 146 valence electrons. The average Bonchev–Trinajstić information content (AvgIpc) is 3.21. The normalized spacial score (nSPS) is 10.7. The van der Waals surface area contributed by atoms with Crippen molar-refractivity contribution in [1.29, 1.82) is 0 Å². The van der Waals surface area contributed by atoms with Gasteiger partial charge in [-0.25, -0.2) is 0 Å². The topological polar surface area (TPSA) is 73.6 Å². The third-order valence-corrected chi connectivity index (χ3v) is 4.63. The highest BCUT2D eigenvalue weighted by atomic mass is 16.5. The molecular formula is C23H20N2O4. The van der Waals surface area contributed by atoms with Gasteiger partial charge in [0.05, 0.1) is 26.3 Å². The summed E-state index contributed by atoms with van der Waals surface area (Å²) < 4.78 is 16.0. The predicted molar refractivity (Wildman–Crippen MR) is 111 cm³/mol. The summed E-state index contributed by atoms with van der Waals surface area (Å²) in [7, 11) is 3.16. The molecule has 3 aromatic carbocycles. The fourth-order valence-electron chi connectivity index (χ4n) is 3.21. The van der Waals surface area contributed by atoms with Crippen LogP contribution >= 0.6 is 0 Å². The summed E-state index contributed by atoms with van der Waals surface area (Å²) in [6.07, 6.45) is 0.111. The van der Waals surface area contributed by atoms with Crippen molar-refractivity contribution < 1.29 is 18.8 Å². The van der Waals surface area contributed by atoms with Crippen molar-refractivity contribution >= 4 is 22.4 Å². The number of carbonyl (C=O) groups excluding carboxylic acids is 1. The zero-order valence-electron chi connectivity index (χ0n) is 16.1. The summed E-state index contributed by atoms with van der Waals surface area (Å²) in [6.45, 7) is 0. The molecule has 1 amide bonds. The molecule has 0 bridgehead atoms. The van der Waals surface area contributed by atoms with Gasteiger partial charge in [-0.05, 0) is 29.7 Å². The molecule has 0 spiro atoms. The van der Waals surface area contributed by atoms with E-state index >= 15 is 0 Å². The summed E-state index contributed by atoms with van der Waals surface area (Å²) in [4.78, 5) is 12.5. The Morgan fingerprint density at radius 2 is 1.76 bits per heavy atom. The smallest absolute Gasteiger partial charge is 0.230 e. The van der Waals surface area contributed by atoms with Crippen LogP contribution in [0.2, 0.25) is 0 Å². The van der Waals surface area contributed by atoms with Gasteiger partial charge in [0.2, 0.25) is 5.91 Å². The summed E-state index contributed by atoms with van der Waals surface area (Å²) >= 11 is 0. The van der Waals surface area contributed by atoms with Gasteiger partial charge in [-0.1, -0.05) is 41.6 Å². The van der Waals surface area contributed by atoms with Crippen molar-refractivity contribution in [2.24, 2.45) is 0 Å². The minimum Gasteiger partial charge on any atom is -0.493 e. The van der Waals surface area contributed by atoms with Crippen LogP contribution in [0.15, 0.2) is 71.3 Å². The zero-order valence-corrected chi connectivity index (χ0v) is 16.1. The first-order chi connectivity index (χ1) is 14.2. The fourth-order valence-corrected chi connectivity index (χ4v) is 3.21. The minimum atomic E-state index is -0.159. The monoisotopic (exact) mass is 388 g/mol. The fraction of sp³-hybridized carbons (Fsp3) is 0.130. The first-order valence-electron chi connectivity index (χ1n) is 9.13.